The van der Waals surface area contributed by atoms with Crippen LogP contribution >= 0.6 is 11.3 Å². The predicted octanol–water partition coefficient (Wildman–Crippen LogP) is 2.61. The van der Waals surface area contributed by atoms with Crippen LogP contribution in [-0.2, 0) is 14.3 Å². The van der Waals surface area contributed by atoms with E-state index in [1.165, 1.54) is 7.11 Å². The third-order valence-corrected chi connectivity index (χ3v) is 4.39. The van der Waals surface area contributed by atoms with Crippen LogP contribution in [0.1, 0.15) is 30.6 Å². The van der Waals surface area contributed by atoms with Crippen LogP contribution in [-0.4, -0.2) is 25.0 Å². The normalized spacial score (nSPS) is 22.6. The van der Waals surface area contributed by atoms with E-state index < -0.39 is 0 Å². The van der Waals surface area contributed by atoms with E-state index in [1.54, 1.807) is 17.4 Å². The second kappa shape index (κ2) is 7.24. The van der Waals surface area contributed by atoms with Gasteiger partial charge >= 0.3 is 5.97 Å². The summed E-state index contributed by atoms with van der Waals surface area (Å²) in [6, 6.07) is 4.09. The van der Waals surface area contributed by atoms with Crippen LogP contribution in [0.5, 0.6) is 0 Å². The van der Waals surface area contributed by atoms with Gasteiger partial charge in [0.1, 0.15) is 0 Å². The van der Waals surface area contributed by atoms with E-state index in [-0.39, 0.29) is 23.8 Å². The first-order valence-electron chi connectivity index (χ1n) is 6.79. The first kappa shape index (κ1) is 14.8. The Bertz CT molecular complexity index is 473. The highest BCUT2D eigenvalue weighted by molar-refractivity contribution is 7.10. The Morgan fingerprint density at radius 2 is 2.10 bits per heavy atom. The summed E-state index contributed by atoms with van der Waals surface area (Å²) >= 11 is 1.60. The van der Waals surface area contributed by atoms with Gasteiger partial charge in [-0.1, -0.05) is 6.07 Å². The van der Waals surface area contributed by atoms with Gasteiger partial charge in [0, 0.05) is 17.0 Å². The van der Waals surface area contributed by atoms with Crippen LogP contribution in [0.4, 0.5) is 0 Å². The second-order valence-corrected chi connectivity index (χ2v) is 5.91. The second-order valence-electron chi connectivity index (χ2n) is 4.93. The number of hydrogen-bond donors (Lipinski definition) is 1. The van der Waals surface area contributed by atoms with E-state index in [2.05, 4.69) is 5.32 Å². The first-order chi connectivity index (χ1) is 9.69. The zero-order chi connectivity index (χ0) is 14.4. The number of nitrogens with one attached hydrogen (secondary N) is 1. The SMILES string of the molecule is COC(=O)C1CCC(NC(=O)/C=C/c2cccs2)CC1. The van der Waals surface area contributed by atoms with Crippen LogP contribution in [0.15, 0.2) is 23.6 Å². The van der Waals surface area contributed by atoms with Crippen LogP contribution < -0.4 is 5.32 Å². The maximum Gasteiger partial charge on any atom is 0.308 e. The Labute approximate surface area is 122 Å². The summed E-state index contributed by atoms with van der Waals surface area (Å²) in [5, 5.41) is 4.96. The Morgan fingerprint density at radius 1 is 1.35 bits per heavy atom. The topological polar surface area (TPSA) is 55.4 Å². The molecule has 5 heteroatoms. The summed E-state index contributed by atoms with van der Waals surface area (Å²) in [4.78, 5) is 24.3. The molecule has 20 heavy (non-hydrogen) atoms. The lowest BCUT2D eigenvalue weighted by molar-refractivity contribution is -0.146. The molecule has 1 aliphatic rings. The van der Waals surface area contributed by atoms with Crippen molar-refractivity contribution in [3.8, 4) is 0 Å². The van der Waals surface area contributed by atoms with Crippen molar-refractivity contribution in [3.63, 3.8) is 0 Å². The van der Waals surface area contributed by atoms with E-state index in [0.717, 1.165) is 30.6 Å². The summed E-state index contributed by atoms with van der Waals surface area (Å²) in [5.41, 5.74) is 0. The van der Waals surface area contributed by atoms with E-state index >= 15 is 0 Å². The van der Waals surface area contributed by atoms with E-state index in [0.29, 0.717) is 0 Å². The summed E-state index contributed by atoms with van der Waals surface area (Å²) in [7, 11) is 1.42. The summed E-state index contributed by atoms with van der Waals surface area (Å²) in [6.07, 6.45) is 6.62. The molecule has 0 atom stereocenters. The summed E-state index contributed by atoms with van der Waals surface area (Å²) in [5.74, 6) is -0.206. The van der Waals surface area contributed by atoms with Crippen LogP contribution in [0, 0.1) is 5.92 Å². The van der Waals surface area contributed by atoms with Gasteiger partial charge in [-0.3, -0.25) is 9.59 Å². The van der Waals surface area contributed by atoms with Gasteiger partial charge in [-0.15, -0.1) is 11.3 Å². The van der Waals surface area contributed by atoms with Crippen LogP contribution in [0.2, 0.25) is 0 Å². The van der Waals surface area contributed by atoms with E-state index in [9.17, 15) is 9.59 Å². The highest BCUT2D eigenvalue weighted by Gasteiger charge is 2.27. The number of amides is 1. The minimum atomic E-state index is -0.132. The lowest BCUT2D eigenvalue weighted by Gasteiger charge is -2.27. The molecule has 0 spiro atoms. The number of carbonyl (C=O) groups is 2. The summed E-state index contributed by atoms with van der Waals surface area (Å²) < 4.78 is 4.75. The minimum Gasteiger partial charge on any atom is -0.469 e. The van der Waals surface area contributed by atoms with Crippen molar-refractivity contribution in [2.45, 2.75) is 31.7 Å². The van der Waals surface area contributed by atoms with Crippen molar-refractivity contribution in [1.29, 1.82) is 0 Å². The van der Waals surface area contributed by atoms with Gasteiger partial charge in [-0.2, -0.15) is 0 Å². The molecule has 1 saturated carbocycles. The maximum absolute atomic E-state index is 11.8. The molecule has 1 aromatic rings. The molecule has 1 fully saturated rings. The zero-order valence-corrected chi connectivity index (χ0v) is 12.3. The number of ether oxygens (including phenoxy) is 1. The minimum absolute atomic E-state index is 0.00480. The molecule has 1 aromatic heterocycles. The molecule has 0 unspecified atom stereocenters. The molecule has 1 aliphatic carbocycles. The fraction of sp³-hybridized carbons (Fsp3) is 0.467. The average Bonchev–Trinajstić information content (AvgIpc) is 2.98. The number of carbonyl (C=O) groups excluding carboxylic acids is 2. The Hall–Kier alpha value is -1.62. The van der Waals surface area contributed by atoms with Gasteiger partial charge in [-0.05, 0) is 43.2 Å². The smallest absolute Gasteiger partial charge is 0.308 e. The zero-order valence-electron chi connectivity index (χ0n) is 11.5. The molecule has 4 nitrogen and oxygen atoms in total. The van der Waals surface area contributed by atoms with E-state index in [1.807, 2.05) is 23.6 Å². The Kier molecular flexibility index (Phi) is 5.35. The van der Waals surface area contributed by atoms with Crippen molar-refractivity contribution in [2.75, 3.05) is 7.11 Å². The monoisotopic (exact) mass is 293 g/mol. The van der Waals surface area contributed by atoms with Gasteiger partial charge in [0.15, 0.2) is 0 Å². The van der Waals surface area contributed by atoms with Crippen molar-refractivity contribution in [3.05, 3.63) is 28.5 Å². The molecule has 1 heterocycles. The molecule has 108 valence electrons. The maximum atomic E-state index is 11.8. The third kappa shape index (κ3) is 4.20. The van der Waals surface area contributed by atoms with Crippen molar-refractivity contribution in [2.24, 2.45) is 5.92 Å². The van der Waals surface area contributed by atoms with Gasteiger partial charge in [0.05, 0.1) is 13.0 Å². The summed E-state index contributed by atoms with van der Waals surface area (Å²) in [6.45, 7) is 0. The van der Waals surface area contributed by atoms with Gasteiger partial charge < -0.3 is 10.1 Å². The molecule has 2 rings (SSSR count). The molecule has 0 saturated heterocycles. The van der Waals surface area contributed by atoms with Gasteiger partial charge in [-0.25, -0.2) is 0 Å². The lowest BCUT2D eigenvalue weighted by Crippen LogP contribution is -2.38. The molecule has 0 bridgehead atoms. The number of hydrogen-bond acceptors (Lipinski definition) is 4. The Morgan fingerprint density at radius 3 is 2.70 bits per heavy atom. The Balaban J connectivity index is 1.75. The molecule has 1 N–H and O–H groups in total. The van der Waals surface area contributed by atoms with E-state index in [4.69, 9.17) is 4.74 Å². The third-order valence-electron chi connectivity index (χ3n) is 3.55. The van der Waals surface area contributed by atoms with Crippen molar-refractivity contribution in [1.82, 2.24) is 5.32 Å². The predicted molar refractivity (Wildman–Crippen MR) is 79.3 cm³/mol. The lowest BCUT2D eigenvalue weighted by atomic mass is 9.86. The molecular weight excluding hydrogens is 274 g/mol. The highest BCUT2D eigenvalue weighted by Crippen LogP contribution is 2.25. The van der Waals surface area contributed by atoms with Crippen molar-refractivity contribution < 1.29 is 14.3 Å². The number of rotatable bonds is 4. The van der Waals surface area contributed by atoms with Crippen molar-refractivity contribution >= 4 is 29.3 Å². The average molecular weight is 293 g/mol. The molecule has 1 amide bonds. The van der Waals surface area contributed by atoms with Gasteiger partial charge in [0.25, 0.3) is 0 Å². The first-order valence-corrected chi connectivity index (χ1v) is 7.67. The van der Waals surface area contributed by atoms with Gasteiger partial charge in [0.2, 0.25) is 5.91 Å². The fourth-order valence-electron chi connectivity index (χ4n) is 2.43. The molecule has 0 aromatic carbocycles. The largest absolute Gasteiger partial charge is 0.469 e. The quantitative estimate of drug-likeness (QED) is 0.686. The number of methoxy groups -OCH3 is 1. The highest BCUT2D eigenvalue weighted by atomic mass is 32.1. The van der Waals surface area contributed by atoms with Crippen LogP contribution in [0.25, 0.3) is 6.08 Å². The number of esters is 1. The standard InChI is InChI=1S/C15H19NO3S/c1-19-15(18)11-4-6-12(7-5-11)16-14(17)9-8-13-3-2-10-20-13/h2-3,8-12H,4-7H2,1H3,(H,16,17)/b9-8+. The molecular formula is C15H19NO3S. The number of thiophene rings is 1. The molecule has 0 radical (unpaired) electrons. The molecule has 0 aliphatic heterocycles. The fourth-order valence-corrected chi connectivity index (χ4v) is 3.05. The van der Waals surface area contributed by atoms with Crippen LogP contribution in [0.3, 0.4) is 0 Å².